The van der Waals surface area contributed by atoms with E-state index in [2.05, 4.69) is 5.32 Å². The number of nitrogens with zero attached hydrogens (tertiary/aromatic N) is 2. The summed E-state index contributed by atoms with van der Waals surface area (Å²) in [4.78, 5) is 22.0. The van der Waals surface area contributed by atoms with Crippen LogP contribution in [0.3, 0.4) is 0 Å². The molecule has 7 heteroatoms. The van der Waals surface area contributed by atoms with E-state index in [-0.39, 0.29) is 11.3 Å². The SMILES string of the molecule is CCC(C#N)NC(=O)c1cc([N+](=O)[O-])ccc1I. The summed E-state index contributed by atoms with van der Waals surface area (Å²) in [6, 6.07) is 5.39. The zero-order valence-electron chi connectivity index (χ0n) is 9.51. The molecule has 0 saturated heterocycles. The van der Waals surface area contributed by atoms with Gasteiger partial charge >= 0.3 is 0 Å². The third kappa shape index (κ3) is 3.40. The van der Waals surface area contributed by atoms with E-state index in [1.165, 1.54) is 18.2 Å². The molecule has 0 radical (unpaired) electrons. The van der Waals surface area contributed by atoms with Crippen LogP contribution in [-0.2, 0) is 0 Å². The number of rotatable bonds is 4. The summed E-state index contributed by atoms with van der Waals surface area (Å²) in [5.41, 5.74) is 0.0593. The first kappa shape index (κ1) is 14.4. The van der Waals surface area contributed by atoms with Gasteiger partial charge in [0.05, 0.1) is 16.6 Å². The number of nitro groups is 1. The number of non-ortho nitro benzene ring substituents is 1. The van der Waals surface area contributed by atoms with Crippen LogP contribution in [0.15, 0.2) is 18.2 Å². The topological polar surface area (TPSA) is 96.0 Å². The van der Waals surface area contributed by atoms with E-state index in [1.807, 2.05) is 28.7 Å². The lowest BCUT2D eigenvalue weighted by Crippen LogP contribution is -2.33. The third-order valence-electron chi connectivity index (χ3n) is 2.27. The minimum absolute atomic E-state index is 0.148. The van der Waals surface area contributed by atoms with Crippen LogP contribution in [0.25, 0.3) is 0 Å². The van der Waals surface area contributed by atoms with Crippen LogP contribution in [-0.4, -0.2) is 16.9 Å². The number of halogens is 1. The van der Waals surface area contributed by atoms with Crippen molar-refractivity contribution in [3.8, 4) is 6.07 Å². The lowest BCUT2D eigenvalue weighted by atomic mass is 10.1. The van der Waals surface area contributed by atoms with Crippen LogP contribution < -0.4 is 5.32 Å². The average molecular weight is 359 g/mol. The maximum absolute atomic E-state index is 11.9. The molecule has 0 aliphatic carbocycles. The zero-order chi connectivity index (χ0) is 13.7. The van der Waals surface area contributed by atoms with Gasteiger partial charge in [-0.1, -0.05) is 6.92 Å². The van der Waals surface area contributed by atoms with Crippen molar-refractivity contribution in [1.29, 1.82) is 5.26 Å². The molecule has 1 N–H and O–H groups in total. The Morgan fingerprint density at radius 2 is 2.33 bits per heavy atom. The minimum atomic E-state index is -0.590. The second kappa shape index (κ2) is 6.30. The lowest BCUT2D eigenvalue weighted by molar-refractivity contribution is -0.384. The van der Waals surface area contributed by atoms with Gasteiger partial charge in [-0.25, -0.2) is 0 Å². The van der Waals surface area contributed by atoms with Crippen LogP contribution in [0.5, 0.6) is 0 Å². The zero-order valence-corrected chi connectivity index (χ0v) is 11.7. The molecule has 0 heterocycles. The minimum Gasteiger partial charge on any atom is -0.336 e. The molecule has 0 spiro atoms. The second-order valence-electron chi connectivity index (χ2n) is 3.48. The Morgan fingerprint density at radius 1 is 1.67 bits per heavy atom. The number of carbonyl (C=O) groups excluding carboxylic acids is 1. The van der Waals surface area contributed by atoms with Crippen molar-refractivity contribution in [1.82, 2.24) is 5.32 Å². The highest BCUT2D eigenvalue weighted by Gasteiger charge is 2.17. The van der Waals surface area contributed by atoms with E-state index in [1.54, 1.807) is 6.92 Å². The lowest BCUT2D eigenvalue weighted by Gasteiger charge is -2.10. The first-order valence-electron chi connectivity index (χ1n) is 5.14. The average Bonchev–Trinajstić information content (AvgIpc) is 2.35. The van der Waals surface area contributed by atoms with E-state index in [0.29, 0.717) is 9.99 Å². The Bertz CT molecular complexity index is 525. The number of amides is 1. The Kier molecular flexibility index (Phi) is 5.03. The van der Waals surface area contributed by atoms with E-state index >= 15 is 0 Å². The quantitative estimate of drug-likeness (QED) is 0.507. The maximum Gasteiger partial charge on any atom is 0.270 e. The molecule has 0 saturated carbocycles. The number of nitrogens with one attached hydrogen (secondary N) is 1. The van der Waals surface area contributed by atoms with Crippen molar-refractivity contribution in [2.75, 3.05) is 0 Å². The maximum atomic E-state index is 11.9. The summed E-state index contributed by atoms with van der Waals surface area (Å²) in [7, 11) is 0. The molecule has 1 atom stereocenters. The Morgan fingerprint density at radius 3 is 2.83 bits per heavy atom. The summed E-state index contributed by atoms with van der Waals surface area (Å²) >= 11 is 1.92. The predicted molar refractivity (Wildman–Crippen MR) is 73.0 cm³/mol. The molecule has 0 aliphatic rings. The van der Waals surface area contributed by atoms with Gasteiger partial charge < -0.3 is 5.32 Å². The first-order chi connectivity index (χ1) is 8.49. The van der Waals surface area contributed by atoms with Gasteiger partial charge in [0.2, 0.25) is 0 Å². The summed E-state index contributed by atoms with van der Waals surface area (Å²) in [5.74, 6) is -0.475. The van der Waals surface area contributed by atoms with Gasteiger partial charge in [0.1, 0.15) is 6.04 Å². The predicted octanol–water partition coefficient (Wildman–Crippen LogP) is 2.23. The highest BCUT2D eigenvalue weighted by atomic mass is 127. The molecule has 0 aromatic heterocycles. The van der Waals surface area contributed by atoms with Crippen molar-refractivity contribution >= 4 is 34.2 Å². The fourth-order valence-electron chi connectivity index (χ4n) is 1.26. The fourth-order valence-corrected chi connectivity index (χ4v) is 1.84. The van der Waals surface area contributed by atoms with Gasteiger partial charge in [0.25, 0.3) is 11.6 Å². The second-order valence-corrected chi connectivity index (χ2v) is 4.65. The number of hydrogen-bond donors (Lipinski definition) is 1. The van der Waals surface area contributed by atoms with Gasteiger partial charge in [-0.05, 0) is 35.1 Å². The highest BCUT2D eigenvalue weighted by molar-refractivity contribution is 14.1. The number of hydrogen-bond acceptors (Lipinski definition) is 4. The number of nitro benzene ring substituents is 1. The van der Waals surface area contributed by atoms with Crippen molar-refractivity contribution in [3.05, 3.63) is 37.4 Å². The van der Waals surface area contributed by atoms with E-state index in [4.69, 9.17) is 5.26 Å². The summed E-state index contributed by atoms with van der Waals surface area (Å²) in [5, 5.41) is 21.9. The Labute approximate surface area is 117 Å². The van der Waals surface area contributed by atoms with Crippen LogP contribution in [0, 0.1) is 25.0 Å². The molecule has 0 aliphatic heterocycles. The molecule has 1 aromatic carbocycles. The standard InChI is InChI=1S/C11H10IN3O3/c1-2-7(6-13)14-11(16)9-5-8(15(17)18)3-4-10(9)12/h3-5,7H,2H2,1H3,(H,14,16). The van der Waals surface area contributed by atoms with Gasteiger partial charge in [0, 0.05) is 15.7 Å². The van der Waals surface area contributed by atoms with Crippen molar-refractivity contribution in [2.45, 2.75) is 19.4 Å². The Balaban J connectivity index is 3.02. The molecule has 1 rings (SSSR count). The summed E-state index contributed by atoms with van der Waals surface area (Å²) in [6.45, 7) is 1.77. The molecule has 1 amide bonds. The van der Waals surface area contributed by atoms with Crippen LogP contribution in [0.2, 0.25) is 0 Å². The molecule has 0 bridgehead atoms. The number of nitriles is 1. The summed E-state index contributed by atoms with van der Waals surface area (Å²) < 4.78 is 0.600. The van der Waals surface area contributed by atoms with Crippen LogP contribution >= 0.6 is 22.6 Å². The van der Waals surface area contributed by atoms with Gasteiger partial charge in [-0.3, -0.25) is 14.9 Å². The van der Waals surface area contributed by atoms with Gasteiger partial charge in [-0.2, -0.15) is 5.26 Å². The van der Waals surface area contributed by atoms with E-state index in [0.717, 1.165) is 0 Å². The fraction of sp³-hybridized carbons (Fsp3) is 0.273. The Hall–Kier alpha value is -1.69. The van der Waals surface area contributed by atoms with Crippen molar-refractivity contribution in [3.63, 3.8) is 0 Å². The number of benzene rings is 1. The molecule has 0 fully saturated rings. The molecule has 94 valence electrons. The van der Waals surface area contributed by atoms with E-state index < -0.39 is 16.9 Å². The highest BCUT2D eigenvalue weighted by Crippen LogP contribution is 2.19. The summed E-state index contributed by atoms with van der Waals surface area (Å²) in [6.07, 6.45) is 0.480. The van der Waals surface area contributed by atoms with Gasteiger partial charge in [-0.15, -0.1) is 0 Å². The monoisotopic (exact) mass is 359 g/mol. The molecule has 1 unspecified atom stereocenters. The first-order valence-corrected chi connectivity index (χ1v) is 6.21. The van der Waals surface area contributed by atoms with Crippen molar-refractivity contribution < 1.29 is 9.72 Å². The molecular weight excluding hydrogens is 349 g/mol. The molecule has 18 heavy (non-hydrogen) atoms. The molecule has 6 nitrogen and oxygen atoms in total. The molecular formula is C11H10IN3O3. The normalized spacial score (nSPS) is 11.4. The molecule has 1 aromatic rings. The third-order valence-corrected chi connectivity index (χ3v) is 3.22. The van der Waals surface area contributed by atoms with Crippen molar-refractivity contribution in [2.24, 2.45) is 0 Å². The largest absolute Gasteiger partial charge is 0.336 e. The van der Waals surface area contributed by atoms with Crippen LogP contribution in [0.1, 0.15) is 23.7 Å². The van der Waals surface area contributed by atoms with Crippen LogP contribution in [0.4, 0.5) is 5.69 Å². The smallest absolute Gasteiger partial charge is 0.270 e. The van der Waals surface area contributed by atoms with E-state index in [9.17, 15) is 14.9 Å². The number of carbonyl (C=O) groups is 1. The van der Waals surface area contributed by atoms with Gasteiger partial charge in [0.15, 0.2) is 0 Å².